The highest BCUT2D eigenvalue weighted by atomic mass is 35.5. The Balaban J connectivity index is 2.33. The van der Waals surface area contributed by atoms with Crippen LogP contribution in [0, 0.1) is 0 Å². The van der Waals surface area contributed by atoms with Crippen LogP contribution in [0.2, 0.25) is 0 Å². The molecule has 0 aliphatic carbocycles. The predicted octanol–water partition coefficient (Wildman–Crippen LogP) is 2.01. The van der Waals surface area contributed by atoms with Gasteiger partial charge >= 0.3 is 0 Å². The number of alkyl halides is 1. The summed E-state index contributed by atoms with van der Waals surface area (Å²) < 4.78 is 1.71. The summed E-state index contributed by atoms with van der Waals surface area (Å²) in [4.78, 5) is 3.87. The monoisotopic (exact) mass is 193 g/mol. The molecule has 2 rings (SSSR count). The first kappa shape index (κ1) is 8.26. The molecule has 0 aliphatic heterocycles. The van der Waals surface area contributed by atoms with Crippen molar-refractivity contribution in [1.82, 2.24) is 14.8 Å². The van der Waals surface area contributed by atoms with Crippen LogP contribution in [0.5, 0.6) is 0 Å². The lowest BCUT2D eigenvalue weighted by Crippen LogP contribution is -1.93. The van der Waals surface area contributed by atoms with Gasteiger partial charge in [0.15, 0.2) is 0 Å². The Morgan fingerprint density at radius 2 is 2.00 bits per heavy atom. The first-order valence-corrected chi connectivity index (χ1v) is 4.43. The summed E-state index contributed by atoms with van der Waals surface area (Å²) in [5.74, 6) is 0.539. The number of rotatable bonds is 2. The maximum absolute atomic E-state index is 5.67. The quantitative estimate of drug-likeness (QED) is 0.684. The van der Waals surface area contributed by atoms with Crippen LogP contribution in [-0.2, 0) is 5.88 Å². The van der Waals surface area contributed by atoms with Crippen molar-refractivity contribution >= 4 is 11.6 Å². The third kappa shape index (κ3) is 1.70. The van der Waals surface area contributed by atoms with Crippen LogP contribution < -0.4 is 0 Å². The van der Waals surface area contributed by atoms with E-state index in [0.717, 1.165) is 11.3 Å². The topological polar surface area (TPSA) is 30.7 Å². The minimum absolute atomic E-state index is 0.539. The normalized spacial score (nSPS) is 10.2. The summed E-state index contributed by atoms with van der Waals surface area (Å²) in [7, 11) is 0. The summed E-state index contributed by atoms with van der Waals surface area (Å²) in [6.45, 7) is 0. The molecule has 0 bridgehead atoms. The van der Waals surface area contributed by atoms with Gasteiger partial charge in [-0.25, -0.2) is 9.67 Å². The molecule has 0 radical (unpaired) electrons. The van der Waals surface area contributed by atoms with Gasteiger partial charge in [0.25, 0.3) is 0 Å². The van der Waals surface area contributed by atoms with Crippen LogP contribution in [0.4, 0.5) is 0 Å². The first-order valence-electron chi connectivity index (χ1n) is 3.90. The van der Waals surface area contributed by atoms with Crippen molar-refractivity contribution in [2.75, 3.05) is 0 Å². The van der Waals surface area contributed by atoms with Crippen molar-refractivity contribution in [3.8, 4) is 5.69 Å². The fourth-order valence-electron chi connectivity index (χ4n) is 1.08. The van der Waals surface area contributed by atoms with E-state index in [2.05, 4.69) is 10.1 Å². The van der Waals surface area contributed by atoms with Crippen molar-refractivity contribution in [1.29, 1.82) is 0 Å². The van der Waals surface area contributed by atoms with E-state index in [0.29, 0.717) is 5.88 Å². The second-order valence-corrected chi connectivity index (χ2v) is 2.91. The summed E-state index contributed by atoms with van der Waals surface area (Å²) in [5, 5.41) is 4.01. The highest BCUT2D eigenvalue weighted by Crippen LogP contribution is 2.09. The van der Waals surface area contributed by atoms with Gasteiger partial charge in [0.2, 0.25) is 0 Å². The van der Waals surface area contributed by atoms with Crippen LogP contribution in [0.25, 0.3) is 5.69 Å². The lowest BCUT2D eigenvalue weighted by atomic mass is 10.2. The van der Waals surface area contributed by atoms with E-state index in [-0.39, 0.29) is 0 Å². The Bertz CT molecular complexity index is 366. The number of benzene rings is 1. The van der Waals surface area contributed by atoms with E-state index in [1.54, 1.807) is 11.0 Å². The lowest BCUT2D eigenvalue weighted by molar-refractivity contribution is 0.878. The van der Waals surface area contributed by atoms with Gasteiger partial charge in [0, 0.05) is 5.88 Å². The van der Waals surface area contributed by atoms with Gasteiger partial charge in [-0.05, 0) is 17.7 Å². The summed E-state index contributed by atoms with van der Waals surface area (Å²) in [5.41, 5.74) is 2.09. The largest absolute Gasteiger partial charge is 0.223 e. The average molecular weight is 194 g/mol. The van der Waals surface area contributed by atoms with Crippen LogP contribution in [0.1, 0.15) is 5.56 Å². The molecule has 66 valence electrons. The highest BCUT2D eigenvalue weighted by Gasteiger charge is 1.95. The third-order valence-corrected chi connectivity index (χ3v) is 2.08. The summed E-state index contributed by atoms with van der Waals surface area (Å²) in [6.07, 6.45) is 3.17. The van der Waals surface area contributed by atoms with Crippen LogP contribution >= 0.6 is 11.6 Å². The number of nitrogens with zero attached hydrogens (tertiary/aromatic N) is 3. The molecule has 0 atom stereocenters. The minimum Gasteiger partial charge on any atom is -0.223 e. The molecular formula is C9H8ClN3. The minimum atomic E-state index is 0.539. The van der Waals surface area contributed by atoms with Gasteiger partial charge < -0.3 is 0 Å². The van der Waals surface area contributed by atoms with Crippen molar-refractivity contribution in [2.45, 2.75) is 5.88 Å². The molecule has 1 aromatic carbocycles. The second kappa shape index (κ2) is 3.58. The predicted molar refractivity (Wildman–Crippen MR) is 50.9 cm³/mol. The molecule has 0 spiro atoms. The van der Waals surface area contributed by atoms with E-state index in [1.165, 1.54) is 6.33 Å². The number of hydrogen-bond donors (Lipinski definition) is 0. The standard InChI is InChI=1S/C9H8ClN3/c10-5-8-1-3-9(4-2-8)13-7-11-6-12-13/h1-4,6-7H,5H2. The molecule has 1 aromatic heterocycles. The molecule has 0 saturated carbocycles. The van der Waals surface area contributed by atoms with Crippen LogP contribution in [0.3, 0.4) is 0 Å². The molecule has 13 heavy (non-hydrogen) atoms. The van der Waals surface area contributed by atoms with Crippen molar-refractivity contribution in [3.05, 3.63) is 42.5 Å². The van der Waals surface area contributed by atoms with Gasteiger partial charge in [-0.3, -0.25) is 0 Å². The Morgan fingerprint density at radius 1 is 1.23 bits per heavy atom. The Kier molecular flexibility index (Phi) is 2.27. The van der Waals surface area contributed by atoms with Crippen molar-refractivity contribution in [2.24, 2.45) is 0 Å². The molecule has 1 heterocycles. The number of aromatic nitrogens is 3. The SMILES string of the molecule is ClCc1ccc(-n2cncn2)cc1. The Morgan fingerprint density at radius 3 is 2.54 bits per heavy atom. The van der Waals surface area contributed by atoms with Gasteiger partial charge in [-0.15, -0.1) is 11.6 Å². The van der Waals surface area contributed by atoms with E-state index in [1.807, 2.05) is 24.3 Å². The fourth-order valence-corrected chi connectivity index (χ4v) is 1.26. The number of hydrogen-bond acceptors (Lipinski definition) is 2. The average Bonchev–Trinajstić information content (AvgIpc) is 2.71. The van der Waals surface area contributed by atoms with Gasteiger partial charge in [-0.2, -0.15) is 5.10 Å². The Labute approximate surface area is 81.0 Å². The third-order valence-electron chi connectivity index (χ3n) is 1.77. The van der Waals surface area contributed by atoms with Crippen molar-refractivity contribution in [3.63, 3.8) is 0 Å². The highest BCUT2D eigenvalue weighted by molar-refractivity contribution is 6.17. The van der Waals surface area contributed by atoms with Gasteiger partial charge in [0.1, 0.15) is 12.7 Å². The Hall–Kier alpha value is -1.35. The maximum atomic E-state index is 5.67. The van der Waals surface area contributed by atoms with E-state index < -0.39 is 0 Å². The molecule has 3 nitrogen and oxygen atoms in total. The first-order chi connectivity index (χ1) is 6.40. The zero-order chi connectivity index (χ0) is 9.10. The zero-order valence-corrected chi connectivity index (χ0v) is 7.65. The zero-order valence-electron chi connectivity index (χ0n) is 6.89. The summed E-state index contributed by atoms with van der Waals surface area (Å²) >= 11 is 5.67. The molecule has 0 aliphatic rings. The number of halogens is 1. The van der Waals surface area contributed by atoms with E-state index in [4.69, 9.17) is 11.6 Å². The van der Waals surface area contributed by atoms with E-state index >= 15 is 0 Å². The lowest BCUT2D eigenvalue weighted by Gasteiger charge is -2.00. The summed E-state index contributed by atoms with van der Waals surface area (Å²) in [6, 6.07) is 7.88. The smallest absolute Gasteiger partial charge is 0.138 e. The van der Waals surface area contributed by atoms with Gasteiger partial charge in [-0.1, -0.05) is 12.1 Å². The van der Waals surface area contributed by atoms with Crippen LogP contribution in [-0.4, -0.2) is 14.8 Å². The van der Waals surface area contributed by atoms with Crippen molar-refractivity contribution < 1.29 is 0 Å². The molecule has 0 saturated heterocycles. The molecule has 0 N–H and O–H groups in total. The molecule has 0 amide bonds. The molecule has 0 fully saturated rings. The molecular weight excluding hydrogens is 186 g/mol. The molecule has 0 unspecified atom stereocenters. The molecule has 4 heteroatoms. The van der Waals surface area contributed by atoms with E-state index in [9.17, 15) is 0 Å². The fraction of sp³-hybridized carbons (Fsp3) is 0.111. The van der Waals surface area contributed by atoms with Crippen LogP contribution in [0.15, 0.2) is 36.9 Å². The van der Waals surface area contributed by atoms with Gasteiger partial charge in [0.05, 0.1) is 5.69 Å². The maximum Gasteiger partial charge on any atom is 0.138 e. The molecule has 2 aromatic rings. The second-order valence-electron chi connectivity index (χ2n) is 2.64.